The average molecular weight is 417 g/mol. The Bertz CT molecular complexity index is 784. The van der Waals surface area contributed by atoms with Gasteiger partial charge in [0.1, 0.15) is 0 Å². The molecule has 10 heteroatoms. The quantitative estimate of drug-likeness (QED) is 0.662. The van der Waals surface area contributed by atoms with Crippen LogP contribution >= 0.6 is 11.6 Å². The van der Waals surface area contributed by atoms with E-state index in [-0.39, 0.29) is 43.6 Å². The summed E-state index contributed by atoms with van der Waals surface area (Å²) >= 11 is 5.80. The van der Waals surface area contributed by atoms with Gasteiger partial charge in [0.15, 0.2) is 12.7 Å². The second kappa shape index (κ2) is 8.55. The highest BCUT2D eigenvalue weighted by molar-refractivity contribution is 7.89. The van der Waals surface area contributed by atoms with E-state index in [1.165, 1.54) is 33.5 Å². The van der Waals surface area contributed by atoms with Crippen molar-refractivity contribution in [3.8, 4) is 0 Å². The van der Waals surface area contributed by atoms with Gasteiger partial charge in [-0.3, -0.25) is 4.79 Å². The Hall–Kier alpha value is -1.68. The van der Waals surface area contributed by atoms with Gasteiger partial charge < -0.3 is 14.4 Å². The molecule has 2 heterocycles. The molecule has 1 aromatic carbocycles. The lowest BCUT2D eigenvalue weighted by atomic mass is 10.2. The van der Waals surface area contributed by atoms with Crippen LogP contribution in [-0.4, -0.2) is 75.0 Å². The van der Waals surface area contributed by atoms with Crippen LogP contribution in [0.2, 0.25) is 5.02 Å². The lowest BCUT2D eigenvalue weighted by Crippen LogP contribution is -2.51. The maximum Gasteiger partial charge on any atom is 0.335 e. The minimum Gasteiger partial charge on any atom is -0.454 e. The van der Waals surface area contributed by atoms with Gasteiger partial charge in [-0.05, 0) is 37.1 Å². The summed E-state index contributed by atoms with van der Waals surface area (Å²) in [5.41, 5.74) is 0. The molecular formula is C17H21ClN2O6S. The van der Waals surface area contributed by atoms with E-state index < -0.39 is 22.1 Å². The summed E-state index contributed by atoms with van der Waals surface area (Å²) in [5.74, 6) is -0.866. The molecule has 1 unspecified atom stereocenters. The van der Waals surface area contributed by atoms with Crippen LogP contribution in [0.1, 0.15) is 12.8 Å². The van der Waals surface area contributed by atoms with E-state index in [9.17, 15) is 18.0 Å². The van der Waals surface area contributed by atoms with Crippen LogP contribution in [0.25, 0.3) is 0 Å². The lowest BCUT2D eigenvalue weighted by Gasteiger charge is -2.33. The van der Waals surface area contributed by atoms with Crippen molar-refractivity contribution in [1.82, 2.24) is 9.21 Å². The van der Waals surface area contributed by atoms with Crippen LogP contribution in [0.4, 0.5) is 0 Å². The standard InChI is InChI=1S/C17H21ClN2O6S/c18-13-3-5-14(6-4-13)27(23,24)20-9-7-19(8-10-20)16(21)12-26-17(22)15-2-1-11-25-15/h3-6,15H,1-2,7-12H2. The third kappa shape index (κ3) is 4.78. The van der Waals surface area contributed by atoms with Crippen molar-refractivity contribution in [3.63, 3.8) is 0 Å². The van der Waals surface area contributed by atoms with Gasteiger partial charge >= 0.3 is 5.97 Å². The predicted octanol–water partition coefficient (Wildman–Crippen LogP) is 0.895. The van der Waals surface area contributed by atoms with Crippen molar-refractivity contribution >= 4 is 33.5 Å². The monoisotopic (exact) mass is 416 g/mol. The van der Waals surface area contributed by atoms with E-state index in [0.717, 1.165) is 6.42 Å². The summed E-state index contributed by atoms with van der Waals surface area (Å²) in [6.45, 7) is 0.999. The first-order valence-corrected chi connectivity index (χ1v) is 10.5. The van der Waals surface area contributed by atoms with Crippen molar-refractivity contribution in [2.45, 2.75) is 23.8 Å². The van der Waals surface area contributed by atoms with Gasteiger partial charge in [0.2, 0.25) is 10.0 Å². The summed E-state index contributed by atoms with van der Waals surface area (Å²) in [6.07, 6.45) is 0.825. The molecule has 0 saturated carbocycles. The molecule has 2 aliphatic heterocycles. The smallest absolute Gasteiger partial charge is 0.335 e. The van der Waals surface area contributed by atoms with Crippen molar-refractivity contribution in [2.75, 3.05) is 39.4 Å². The van der Waals surface area contributed by atoms with Gasteiger partial charge in [0.25, 0.3) is 5.91 Å². The van der Waals surface area contributed by atoms with Crippen molar-refractivity contribution in [3.05, 3.63) is 29.3 Å². The van der Waals surface area contributed by atoms with Crippen LogP contribution in [0.5, 0.6) is 0 Å². The largest absolute Gasteiger partial charge is 0.454 e. The number of hydrogen-bond acceptors (Lipinski definition) is 6. The van der Waals surface area contributed by atoms with E-state index in [0.29, 0.717) is 18.1 Å². The van der Waals surface area contributed by atoms with E-state index in [2.05, 4.69) is 0 Å². The summed E-state index contributed by atoms with van der Waals surface area (Å²) in [4.78, 5) is 25.6. The van der Waals surface area contributed by atoms with Gasteiger partial charge in [0.05, 0.1) is 4.90 Å². The first-order valence-electron chi connectivity index (χ1n) is 8.69. The average Bonchev–Trinajstić information content (AvgIpc) is 3.21. The molecule has 0 N–H and O–H groups in total. The summed E-state index contributed by atoms with van der Waals surface area (Å²) in [6, 6.07) is 5.97. The topological polar surface area (TPSA) is 93.2 Å². The first-order chi connectivity index (χ1) is 12.9. The fraction of sp³-hybridized carbons (Fsp3) is 0.529. The first kappa shape index (κ1) is 20.1. The lowest BCUT2D eigenvalue weighted by molar-refractivity contribution is -0.160. The number of ether oxygens (including phenoxy) is 2. The highest BCUT2D eigenvalue weighted by atomic mass is 35.5. The fourth-order valence-corrected chi connectivity index (χ4v) is 4.56. The zero-order valence-corrected chi connectivity index (χ0v) is 16.2. The molecule has 0 spiro atoms. The molecular weight excluding hydrogens is 396 g/mol. The van der Waals surface area contributed by atoms with Crippen molar-refractivity contribution < 1.29 is 27.5 Å². The highest BCUT2D eigenvalue weighted by Crippen LogP contribution is 2.20. The number of piperazine rings is 1. The third-order valence-corrected chi connectivity index (χ3v) is 6.74. The highest BCUT2D eigenvalue weighted by Gasteiger charge is 2.31. The molecule has 2 aliphatic rings. The molecule has 1 amide bonds. The van der Waals surface area contributed by atoms with E-state index >= 15 is 0 Å². The Morgan fingerprint density at radius 3 is 2.41 bits per heavy atom. The molecule has 1 aromatic rings. The number of nitrogens with zero attached hydrogens (tertiary/aromatic N) is 2. The van der Waals surface area contributed by atoms with Gasteiger partial charge in [-0.1, -0.05) is 11.6 Å². The minimum atomic E-state index is -3.63. The number of carbonyl (C=O) groups is 2. The zero-order chi connectivity index (χ0) is 19.4. The molecule has 2 fully saturated rings. The predicted molar refractivity (Wildman–Crippen MR) is 96.7 cm³/mol. The molecule has 3 rings (SSSR count). The number of hydrogen-bond donors (Lipinski definition) is 0. The Morgan fingerprint density at radius 1 is 1.15 bits per heavy atom. The van der Waals surface area contributed by atoms with Crippen molar-refractivity contribution in [2.24, 2.45) is 0 Å². The number of esters is 1. The van der Waals surface area contributed by atoms with Crippen LogP contribution < -0.4 is 0 Å². The fourth-order valence-electron chi connectivity index (χ4n) is 3.01. The number of rotatable bonds is 5. The molecule has 0 aliphatic carbocycles. The number of halogens is 1. The Balaban J connectivity index is 1.49. The number of amides is 1. The van der Waals surface area contributed by atoms with Crippen LogP contribution in [-0.2, 0) is 29.1 Å². The van der Waals surface area contributed by atoms with Crippen LogP contribution in [0, 0.1) is 0 Å². The molecule has 2 saturated heterocycles. The van der Waals surface area contributed by atoms with E-state index in [4.69, 9.17) is 21.1 Å². The van der Waals surface area contributed by atoms with Gasteiger partial charge in [-0.2, -0.15) is 4.31 Å². The van der Waals surface area contributed by atoms with E-state index in [1.54, 1.807) is 0 Å². The van der Waals surface area contributed by atoms with E-state index in [1.807, 2.05) is 0 Å². The molecule has 0 radical (unpaired) electrons. The normalized spacial score (nSPS) is 21.2. The van der Waals surface area contributed by atoms with Gasteiger partial charge in [-0.25, -0.2) is 13.2 Å². The van der Waals surface area contributed by atoms with Gasteiger partial charge in [0, 0.05) is 37.8 Å². The van der Waals surface area contributed by atoms with Crippen LogP contribution in [0.15, 0.2) is 29.2 Å². The Labute approximate surface area is 163 Å². The van der Waals surface area contributed by atoms with Crippen LogP contribution in [0.3, 0.4) is 0 Å². The Morgan fingerprint density at radius 2 is 1.81 bits per heavy atom. The second-order valence-corrected chi connectivity index (χ2v) is 8.72. The zero-order valence-electron chi connectivity index (χ0n) is 14.7. The molecule has 0 bridgehead atoms. The minimum absolute atomic E-state index is 0.164. The summed E-state index contributed by atoms with van der Waals surface area (Å²) in [7, 11) is -3.63. The van der Waals surface area contributed by atoms with Crippen molar-refractivity contribution in [1.29, 1.82) is 0 Å². The summed E-state index contributed by atoms with van der Waals surface area (Å²) in [5, 5.41) is 0.460. The number of sulfonamides is 1. The Kier molecular flexibility index (Phi) is 6.36. The molecule has 1 atom stereocenters. The second-order valence-electron chi connectivity index (χ2n) is 6.35. The SMILES string of the molecule is O=C(OCC(=O)N1CCN(S(=O)(=O)c2ccc(Cl)cc2)CC1)C1CCCO1. The number of carbonyl (C=O) groups excluding carboxylic acids is 2. The third-order valence-electron chi connectivity index (χ3n) is 4.57. The molecule has 27 heavy (non-hydrogen) atoms. The number of benzene rings is 1. The molecule has 148 valence electrons. The maximum atomic E-state index is 12.6. The summed E-state index contributed by atoms with van der Waals surface area (Å²) < 4.78 is 36.8. The molecule has 0 aromatic heterocycles. The maximum absolute atomic E-state index is 12.6. The molecule has 8 nitrogen and oxygen atoms in total. The van der Waals surface area contributed by atoms with Gasteiger partial charge in [-0.15, -0.1) is 0 Å².